The first-order chi connectivity index (χ1) is 27.2. The normalized spacial score (nSPS) is 39.2. The van der Waals surface area contributed by atoms with Gasteiger partial charge in [-0.25, -0.2) is 4.98 Å². The maximum Gasteiger partial charge on any atom is 0.309 e. The van der Waals surface area contributed by atoms with Crippen molar-refractivity contribution < 1.29 is 24.2 Å². The van der Waals surface area contributed by atoms with Gasteiger partial charge in [0.15, 0.2) is 0 Å². The van der Waals surface area contributed by atoms with Crippen molar-refractivity contribution in [1.82, 2.24) is 14.5 Å². The fourth-order valence-electron chi connectivity index (χ4n) is 15.4. The van der Waals surface area contributed by atoms with Gasteiger partial charge in [-0.05, 0) is 144 Å². The number of carbonyl (C=O) groups excluding carboxylic acids is 2. The Bertz CT molecular complexity index is 1970. The number of nitrogens with zero attached hydrogens (tertiary/aromatic N) is 3. The second kappa shape index (κ2) is 14.1. The summed E-state index contributed by atoms with van der Waals surface area (Å²) in [5.74, 6) is 2.06. The lowest BCUT2D eigenvalue weighted by molar-refractivity contribution is -0.250. The molecule has 1 N–H and O–H groups in total. The first-order valence-electron chi connectivity index (χ1n) is 22.7. The van der Waals surface area contributed by atoms with Crippen molar-refractivity contribution in [3.63, 3.8) is 0 Å². The van der Waals surface area contributed by atoms with Crippen molar-refractivity contribution in [2.24, 2.45) is 69.1 Å². The van der Waals surface area contributed by atoms with E-state index in [9.17, 15) is 14.7 Å². The van der Waals surface area contributed by atoms with E-state index in [0.29, 0.717) is 35.5 Å². The Morgan fingerprint density at radius 2 is 1.62 bits per heavy atom. The molecule has 0 spiro atoms. The van der Waals surface area contributed by atoms with Crippen LogP contribution in [0.15, 0.2) is 48.7 Å². The smallest absolute Gasteiger partial charge is 0.309 e. The van der Waals surface area contributed by atoms with E-state index in [1.165, 1.54) is 12.0 Å². The Labute approximate surface area is 348 Å². The van der Waals surface area contributed by atoms with Gasteiger partial charge in [-0.3, -0.25) is 14.4 Å². The van der Waals surface area contributed by atoms with Crippen LogP contribution >= 0.6 is 0 Å². The second-order valence-electron chi connectivity index (χ2n) is 22.2. The lowest BCUT2D eigenvalue weighted by atomic mass is 9.32. The van der Waals surface area contributed by atoms with E-state index in [1.54, 1.807) is 13.8 Å². The van der Waals surface area contributed by atoms with Gasteiger partial charge in [0.2, 0.25) is 5.91 Å². The lowest BCUT2D eigenvalue weighted by Crippen LogP contribution is -2.67. The summed E-state index contributed by atoms with van der Waals surface area (Å²) in [6, 6.07) is 10.4. The first kappa shape index (κ1) is 41.3. The molecule has 8 heteroatoms. The van der Waals surface area contributed by atoms with Crippen LogP contribution in [0.1, 0.15) is 151 Å². The summed E-state index contributed by atoms with van der Waals surface area (Å²) < 4.78 is 8.38. The number of allylic oxidation sites excluding steroid dienone is 1. The number of likely N-dealkylation sites (tertiary alicyclic amines) is 1. The molecule has 2 aromatic rings. The number of carboxylic acid groups (broad SMARTS) is 1. The molecule has 0 unspecified atom stereocenters. The number of amides is 1. The van der Waals surface area contributed by atoms with E-state index < -0.39 is 17.4 Å². The quantitative estimate of drug-likeness (QED) is 0.211. The minimum absolute atomic E-state index is 0.00734. The van der Waals surface area contributed by atoms with Crippen LogP contribution in [0.2, 0.25) is 0 Å². The highest BCUT2D eigenvalue weighted by Gasteiger charge is 2.72. The van der Waals surface area contributed by atoms with Gasteiger partial charge in [-0.1, -0.05) is 77.1 Å². The molecule has 1 saturated heterocycles. The van der Waals surface area contributed by atoms with E-state index >= 15 is 4.79 Å². The number of aryl methyl sites for hydroxylation is 1. The first-order valence-corrected chi connectivity index (χ1v) is 22.7. The molecule has 11 atom stereocenters. The van der Waals surface area contributed by atoms with E-state index in [2.05, 4.69) is 95.1 Å². The van der Waals surface area contributed by atoms with Gasteiger partial charge in [0.25, 0.3) is 0 Å². The molecule has 5 aliphatic carbocycles. The third-order valence-corrected chi connectivity index (χ3v) is 18.7. The molecule has 1 aliphatic heterocycles. The summed E-state index contributed by atoms with van der Waals surface area (Å²) in [4.78, 5) is 48.1. The summed E-state index contributed by atoms with van der Waals surface area (Å²) in [5.41, 5.74) is 1.91. The Morgan fingerprint density at radius 3 is 2.31 bits per heavy atom. The maximum atomic E-state index is 15.6. The second-order valence-corrected chi connectivity index (χ2v) is 22.2. The number of imidazole rings is 1. The zero-order valence-corrected chi connectivity index (χ0v) is 37.0. The van der Waals surface area contributed by atoms with Crippen LogP contribution in [0.5, 0.6) is 0 Å². The molecular weight excluding hydrogens is 723 g/mol. The van der Waals surface area contributed by atoms with E-state index in [4.69, 9.17) is 9.72 Å². The SMILES string of the molecule is C=C(C)[C@@H]1CC[C@]2(C(=O)N3CCC[C@H]3c3nc(-c4ccccc4)cn3C)CC[C@]3(C)[C@H](CC[C@@H]4[C@@]5(C)CC[C@H](OC(=O)CC(C)(C)C(=O)O)C(C)(C)[C@@H]5CC[C@]43C)[C@@H]12. The fraction of sp³-hybridized carbons (Fsp3) is 0.720. The average molecular weight is 794 g/mol. The van der Waals surface area contributed by atoms with E-state index in [1.807, 2.05) is 6.07 Å². The number of carbonyl (C=O) groups is 3. The zero-order chi connectivity index (χ0) is 41.8. The van der Waals surface area contributed by atoms with Crippen LogP contribution in [0, 0.1) is 62.1 Å². The van der Waals surface area contributed by atoms with Gasteiger partial charge in [0.05, 0.1) is 29.0 Å². The van der Waals surface area contributed by atoms with Crippen molar-refractivity contribution in [2.75, 3.05) is 6.54 Å². The molecule has 58 heavy (non-hydrogen) atoms. The molecule has 2 heterocycles. The molecule has 8 nitrogen and oxygen atoms in total. The summed E-state index contributed by atoms with van der Waals surface area (Å²) in [5, 5.41) is 9.67. The number of aromatic nitrogens is 2. The van der Waals surface area contributed by atoms with Crippen LogP contribution in [0.4, 0.5) is 0 Å². The molecule has 8 rings (SSSR count). The van der Waals surface area contributed by atoms with Gasteiger partial charge in [-0.15, -0.1) is 0 Å². The number of ether oxygens (including phenoxy) is 1. The molecule has 0 radical (unpaired) electrons. The standard InChI is InChI=1S/C50H71N3O5/c1-31(2)33-20-25-50(43(55)53-28-14-17-36(53)42-51-35(30-52(42)10)32-15-12-11-13-16-32)27-26-48(8)34(41(33)50)18-19-38-47(7)23-22-39(58-40(54)29-45(3,4)44(56)57)46(5,6)37(47)21-24-49(38,48)9/h11-13,15-16,30,33-34,36-39,41H,1,14,17-29H2,2-10H3,(H,56,57)/t33-,34+,36-,37-,38+,39-,41+,47-,48+,49+,50-/m0/s1. The van der Waals surface area contributed by atoms with Crippen LogP contribution in [-0.4, -0.2) is 50.1 Å². The van der Waals surface area contributed by atoms with Gasteiger partial charge < -0.3 is 19.3 Å². The highest BCUT2D eigenvalue weighted by Crippen LogP contribution is 2.78. The number of fused-ring (bicyclic) bond motifs is 7. The predicted octanol–water partition coefficient (Wildman–Crippen LogP) is 10.8. The lowest BCUT2D eigenvalue weighted by Gasteiger charge is -2.73. The Morgan fingerprint density at radius 1 is 0.897 bits per heavy atom. The van der Waals surface area contributed by atoms with Crippen LogP contribution in [-0.2, 0) is 26.2 Å². The number of carboxylic acids is 1. The number of hydrogen-bond acceptors (Lipinski definition) is 5. The minimum Gasteiger partial charge on any atom is -0.481 e. The molecule has 6 fully saturated rings. The minimum atomic E-state index is -1.16. The fourth-order valence-corrected chi connectivity index (χ4v) is 15.4. The number of aliphatic carboxylic acids is 1. The molecule has 316 valence electrons. The molecule has 1 amide bonds. The summed E-state index contributed by atoms with van der Waals surface area (Å²) in [6.07, 6.45) is 14.2. The van der Waals surface area contributed by atoms with Crippen LogP contribution < -0.4 is 0 Å². The summed E-state index contributed by atoms with van der Waals surface area (Å²) in [6.45, 7) is 23.3. The number of rotatable bonds is 8. The Kier molecular flexibility index (Phi) is 10.0. The predicted molar refractivity (Wildman–Crippen MR) is 227 cm³/mol. The Balaban J connectivity index is 1.07. The summed E-state index contributed by atoms with van der Waals surface area (Å²) >= 11 is 0. The van der Waals surface area contributed by atoms with Crippen LogP contribution in [0.3, 0.4) is 0 Å². The van der Waals surface area contributed by atoms with E-state index in [0.717, 1.165) is 94.3 Å². The largest absolute Gasteiger partial charge is 0.481 e. The monoisotopic (exact) mass is 794 g/mol. The van der Waals surface area contributed by atoms with Gasteiger partial charge in [0.1, 0.15) is 11.9 Å². The van der Waals surface area contributed by atoms with Crippen molar-refractivity contribution >= 4 is 17.8 Å². The molecular formula is C50H71N3O5. The van der Waals surface area contributed by atoms with Crippen molar-refractivity contribution in [1.29, 1.82) is 0 Å². The topological polar surface area (TPSA) is 102 Å². The third kappa shape index (κ3) is 6.01. The number of esters is 1. The number of benzene rings is 1. The maximum absolute atomic E-state index is 15.6. The highest BCUT2D eigenvalue weighted by atomic mass is 16.5. The van der Waals surface area contributed by atoms with Crippen molar-refractivity contribution in [3.8, 4) is 11.3 Å². The Hall–Kier alpha value is -3.42. The third-order valence-electron chi connectivity index (χ3n) is 18.7. The highest BCUT2D eigenvalue weighted by molar-refractivity contribution is 5.85. The number of hydrogen-bond donors (Lipinski definition) is 1. The summed E-state index contributed by atoms with van der Waals surface area (Å²) in [7, 11) is 2.09. The molecule has 1 aromatic heterocycles. The molecule has 1 aromatic carbocycles. The van der Waals surface area contributed by atoms with Crippen molar-refractivity contribution in [2.45, 2.75) is 151 Å². The van der Waals surface area contributed by atoms with E-state index in [-0.39, 0.29) is 45.6 Å². The molecule has 5 saturated carbocycles. The molecule has 0 bridgehead atoms. The van der Waals surface area contributed by atoms with Crippen molar-refractivity contribution in [3.05, 3.63) is 54.5 Å². The van der Waals surface area contributed by atoms with Gasteiger partial charge in [-0.2, -0.15) is 0 Å². The van der Waals surface area contributed by atoms with Crippen LogP contribution in [0.25, 0.3) is 11.3 Å². The molecule has 6 aliphatic rings. The zero-order valence-electron chi connectivity index (χ0n) is 37.0. The average Bonchev–Trinajstić information content (AvgIpc) is 3.90. The van der Waals surface area contributed by atoms with Gasteiger partial charge in [0, 0.05) is 30.8 Å². The van der Waals surface area contributed by atoms with Gasteiger partial charge >= 0.3 is 11.9 Å².